The standard InChI is InChI=1S/C36H32O12S4/c1-17(37)45-13-21-5-25-33(41)26(6-21)50-28-8-23(15-47-19(3)39)10-30(35(28)43)52-32-12-24(16-48-20(4)40)11-31(36(32)44)51-29-9-22(14-46-18(2)38)7-27(49-25)34(29)42/h5-12,41-44H,13-16H2,1-4H3. The third-order valence-electron chi connectivity index (χ3n) is 7.05. The molecule has 4 aromatic rings. The molecule has 16 heteroatoms. The van der Waals surface area contributed by atoms with Gasteiger partial charge in [-0.2, -0.15) is 0 Å². The van der Waals surface area contributed by atoms with E-state index in [-0.39, 0.29) is 88.6 Å². The predicted octanol–water partition coefficient (Wildman–Crippen LogP) is 7.68. The van der Waals surface area contributed by atoms with Crippen molar-refractivity contribution < 1.29 is 58.6 Å². The van der Waals surface area contributed by atoms with Crippen LogP contribution in [-0.4, -0.2) is 44.3 Å². The summed E-state index contributed by atoms with van der Waals surface area (Å²) in [5, 5.41) is 46.5. The summed E-state index contributed by atoms with van der Waals surface area (Å²) in [7, 11) is 0. The lowest BCUT2D eigenvalue weighted by atomic mass is 10.2. The summed E-state index contributed by atoms with van der Waals surface area (Å²) >= 11 is 3.95. The molecule has 0 amide bonds. The van der Waals surface area contributed by atoms with Gasteiger partial charge >= 0.3 is 23.9 Å². The second-order valence-electron chi connectivity index (χ2n) is 11.3. The van der Waals surface area contributed by atoms with E-state index in [1.54, 1.807) is 48.5 Å². The van der Waals surface area contributed by atoms with Gasteiger partial charge < -0.3 is 39.4 Å². The Bertz CT molecular complexity index is 1690. The Morgan fingerprint density at radius 1 is 0.385 bits per heavy atom. The Balaban J connectivity index is 1.77. The normalized spacial score (nSPS) is 12.1. The first-order valence-electron chi connectivity index (χ1n) is 15.3. The van der Waals surface area contributed by atoms with Crippen LogP contribution in [0.2, 0.25) is 0 Å². The van der Waals surface area contributed by atoms with Crippen LogP contribution in [0.15, 0.2) is 87.7 Å². The van der Waals surface area contributed by atoms with Gasteiger partial charge in [-0.15, -0.1) is 0 Å². The van der Waals surface area contributed by atoms with Crippen molar-refractivity contribution in [2.24, 2.45) is 0 Å². The first-order valence-corrected chi connectivity index (χ1v) is 18.6. The third-order valence-corrected chi connectivity index (χ3v) is 11.3. The number of hydrogen-bond acceptors (Lipinski definition) is 16. The summed E-state index contributed by atoms with van der Waals surface area (Å²) in [5.41, 5.74) is 1.98. The Morgan fingerprint density at radius 2 is 0.538 bits per heavy atom. The number of hydrogen-bond donors (Lipinski definition) is 4. The van der Waals surface area contributed by atoms with Crippen molar-refractivity contribution in [3.05, 3.63) is 70.8 Å². The maximum atomic E-state index is 11.7. The van der Waals surface area contributed by atoms with Crippen LogP contribution in [0.3, 0.4) is 0 Å². The summed E-state index contributed by atoms with van der Waals surface area (Å²) in [6, 6.07) is 12.7. The number of benzene rings is 4. The molecule has 1 aliphatic heterocycles. The van der Waals surface area contributed by atoms with Gasteiger partial charge in [0, 0.05) is 27.7 Å². The zero-order chi connectivity index (χ0) is 37.7. The topological polar surface area (TPSA) is 186 Å². The molecule has 0 atom stereocenters. The van der Waals surface area contributed by atoms with Gasteiger partial charge in [0.25, 0.3) is 0 Å². The SMILES string of the molecule is CC(=O)OCc1cc2c(O)c(c1)Sc1cc(COC(C)=O)cc(c1O)Sc1cc(COC(C)=O)cc(c1O)Sc1cc(COC(C)=O)cc(c1O)S2. The minimum Gasteiger partial charge on any atom is -0.506 e. The molecular formula is C36H32O12S4. The molecule has 0 saturated heterocycles. The Kier molecular flexibility index (Phi) is 12.5. The fourth-order valence-electron chi connectivity index (χ4n) is 4.72. The average molecular weight is 785 g/mol. The van der Waals surface area contributed by atoms with Crippen molar-refractivity contribution in [1.29, 1.82) is 0 Å². The molecule has 8 bridgehead atoms. The van der Waals surface area contributed by atoms with Gasteiger partial charge in [-0.05, 0) is 70.8 Å². The van der Waals surface area contributed by atoms with E-state index in [2.05, 4.69) is 0 Å². The average Bonchev–Trinajstić information content (AvgIpc) is 3.07. The second kappa shape index (κ2) is 16.8. The van der Waals surface area contributed by atoms with Crippen LogP contribution in [0.1, 0.15) is 49.9 Å². The number of phenolic OH excluding ortho intramolecular Hbond substituents is 4. The number of esters is 4. The van der Waals surface area contributed by atoms with Crippen LogP contribution in [0.25, 0.3) is 0 Å². The van der Waals surface area contributed by atoms with Gasteiger partial charge in [-0.25, -0.2) is 0 Å². The van der Waals surface area contributed by atoms with Crippen LogP contribution in [-0.2, 0) is 64.6 Å². The van der Waals surface area contributed by atoms with Crippen molar-refractivity contribution in [2.45, 2.75) is 93.3 Å². The number of phenols is 4. The summed E-state index contributed by atoms with van der Waals surface area (Å²) < 4.78 is 21.0. The van der Waals surface area contributed by atoms with Crippen molar-refractivity contribution in [3.63, 3.8) is 0 Å². The highest BCUT2D eigenvalue weighted by Gasteiger charge is 2.24. The zero-order valence-electron chi connectivity index (χ0n) is 28.1. The molecule has 0 spiro atoms. The van der Waals surface area contributed by atoms with Gasteiger partial charge in [0.1, 0.15) is 49.4 Å². The first-order chi connectivity index (χ1) is 24.7. The Hall–Kier alpha value is -4.64. The van der Waals surface area contributed by atoms with E-state index in [1.807, 2.05) is 0 Å². The number of fused-ring (bicyclic) bond motifs is 8. The van der Waals surface area contributed by atoms with Gasteiger partial charge in [-0.1, -0.05) is 47.0 Å². The largest absolute Gasteiger partial charge is 0.506 e. The van der Waals surface area contributed by atoms with Gasteiger partial charge in [0.2, 0.25) is 0 Å². The molecule has 0 aromatic heterocycles. The first kappa shape index (κ1) is 38.6. The molecule has 272 valence electrons. The molecule has 1 aliphatic rings. The number of aromatic hydroxyl groups is 4. The maximum Gasteiger partial charge on any atom is 0.302 e. The molecule has 4 N–H and O–H groups in total. The molecule has 12 nitrogen and oxygen atoms in total. The molecule has 5 rings (SSSR count). The Morgan fingerprint density at radius 3 is 0.673 bits per heavy atom. The highest BCUT2D eigenvalue weighted by Crippen LogP contribution is 2.53. The lowest BCUT2D eigenvalue weighted by Crippen LogP contribution is -2.01. The summed E-state index contributed by atoms with van der Waals surface area (Å²) in [4.78, 5) is 48.9. The van der Waals surface area contributed by atoms with Gasteiger partial charge in [-0.3, -0.25) is 19.2 Å². The fourth-order valence-corrected chi connectivity index (χ4v) is 9.26. The van der Waals surface area contributed by atoms with E-state index < -0.39 is 23.9 Å². The highest BCUT2D eigenvalue weighted by atomic mass is 32.2. The predicted molar refractivity (Wildman–Crippen MR) is 191 cm³/mol. The van der Waals surface area contributed by atoms with E-state index in [0.717, 1.165) is 47.0 Å². The van der Waals surface area contributed by atoms with Crippen LogP contribution in [0.5, 0.6) is 23.0 Å². The quantitative estimate of drug-likeness (QED) is 0.0886. The highest BCUT2D eigenvalue weighted by molar-refractivity contribution is 8.01. The minimum atomic E-state index is -0.525. The lowest BCUT2D eigenvalue weighted by Gasteiger charge is -2.19. The molecule has 1 heterocycles. The number of rotatable bonds is 8. The molecular weight excluding hydrogens is 753 g/mol. The molecule has 4 aromatic carbocycles. The summed E-state index contributed by atoms with van der Waals surface area (Å²) in [6.07, 6.45) is 0. The van der Waals surface area contributed by atoms with E-state index >= 15 is 0 Å². The molecule has 0 fully saturated rings. The smallest absolute Gasteiger partial charge is 0.302 e. The van der Waals surface area contributed by atoms with Crippen molar-refractivity contribution in [3.8, 4) is 23.0 Å². The van der Waals surface area contributed by atoms with Crippen molar-refractivity contribution >= 4 is 70.9 Å². The Labute approximate surface area is 315 Å². The molecule has 0 saturated carbocycles. The maximum absolute atomic E-state index is 11.7. The van der Waals surface area contributed by atoms with E-state index in [1.165, 1.54) is 27.7 Å². The zero-order valence-corrected chi connectivity index (χ0v) is 31.4. The van der Waals surface area contributed by atoms with E-state index in [4.69, 9.17) is 18.9 Å². The monoisotopic (exact) mass is 784 g/mol. The molecule has 0 aliphatic carbocycles. The van der Waals surface area contributed by atoms with Crippen LogP contribution in [0.4, 0.5) is 0 Å². The van der Waals surface area contributed by atoms with Gasteiger partial charge in [0.15, 0.2) is 0 Å². The number of carbonyl (C=O) groups is 4. The molecule has 0 radical (unpaired) electrons. The van der Waals surface area contributed by atoms with Gasteiger partial charge in [0.05, 0.1) is 39.2 Å². The van der Waals surface area contributed by atoms with Crippen molar-refractivity contribution in [2.75, 3.05) is 0 Å². The lowest BCUT2D eigenvalue weighted by molar-refractivity contribution is -0.143. The summed E-state index contributed by atoms with van der Waals surface area (Å²) in [6.45, 7) is 4.50. The number of carbonyl (C=O) groups excluding carboxylic acids is 4. The minimum absolute atomic E-state index is 0.139. The number of ether oxygens (including phenoxy) is 4. The second-order valence-corrected chi connectivity index (χ2v) is 15.6. The van der Waals surface area contributed by atoms with Crippen molar-refractivity contribution in [1.82, 2.24) is 0 Å². The molecule has 0 unspecified atom stereocenters. The molecule has 52 heavy (non-hydrogen) atoms. The van der Waals surface area contributed by atoms with Crippen LogP contribution < -0.4 is 0 Å². The fraction of sp³-hybridized carbons (Fsp3) is 0.222. The van der Waals surface area contributed by atoms with Crippen LogP contribution >= 0.6 is 47.0 Å². The van der Waals surface area contributed by atoms with E-state index in [0.29, 0.717) is 22.3 Å². The van der Waals surface area contributed by atoms with Crippen LogP contribution in [0, 0.1) is 0 Å². The third kappa shape index (κ3) is 9.82. The van der Waals surface area contributed by atoms with E-state index in [9.17, 15) is 39.6 Å². The summed E-state index contributed by atoms with van der Waals surface area (Å²) in [5.74, 6) is -2.91.